The highest BCUT2D eigenvalue weighted by atomic mass is 16.3. The van der Waals surface area contributed by atoms with Crippen LogP contribution in [0.1, 0.15) is 0 Å². The number of benzene rings is 10. The highest BCUT2D eigenvalue weighted by Crippen LogP contribution is 2.47. The third-order valence-corrected chi connectivity index (χ3v) is 12.0. The van der Waals surface area contributed by atoms with Crippen molar-refractivity contribution < 1.29 is 4.42 Å². The first kappa shape index (κ1) is 33.3. The van der Waals surface area contributed by atoms with E-state index in [-0.39, 0.29) is 0 Å². The van der Waals surface area contributed by atoms with Gasteiger partial charge in [0.1, 0.15) is 5.58 Å². The number of rotatable bonds is 6. The minimum Gasteiger partial charge on any atom is -0.453 e. The van der Waals surface area contributed by atoms with E-state index in [1.165, 1.54) is 32.6 Å². The number of fused-ring (bicyclic) bond motifs is 9. The zero-order valence-electron chi connectivity index (χ0n) is 32.1. The van der Waals surface area contributed by atoms with Gasteiger partial charge in [-0.1, -0.05) is 158 Å². The van der Waals surface area contributed by atoms with Crippen LogP contribution in [0.5, 0.6) is 0 Å². The first-order valence-electron chi connectivity index (χ1n) is 20.2. The molecule has 0 amide bonds. The summed E-state index contributed by atoms with van der Waals surface area (Å²) in [4.78, 5) is 2.37. The fourth-order valence-electron chi connectivity index (χ4n) is 9.19. The lowest BCUT2D eigenvalue weighted by atomic mass is 9.98. The molecule has 3 heteroatoms. The average molecular weight is 753 g/mol. The molecule has 0 aliphatic rings. The van der Waals surface area contributed by atoms with Crippen LogP contribution < -0.4 is 4.90 Å². The first-order valence-corrected chi connectivity index (χ1v) is 20.2. The number of hydrogen-bond acceptors (Lipinski definition) is 2. The summed E-state index contributed by atoms with van der Waals surface area (Å²) in [5.41, 5.74) is 13.0. The number of nitrogens with zero attached hydrogens (tertiary/aromatic N) is 2. The van der Waals surface area contributed by atoms with E-state index in [0.29, 0.717) is 0 Å². The average Bonchev–Trinajstić information content (AvgIpc) is 3.86. The number of furan rings is 1. The minimum absolute atomic E-state index is 0.857. The molecule has 59 heavy (non-hydrogen) atoms. The topological polar surface area (TPSA) is 21.3 Å². The maximum Gasteiger partial charge on any atom is 0.159 e. The van der Waals surface area contributed by atoms with Crippen molar-refractivity contribution in [3.8, 4) is 27.9 Å². The van der Waals surface area contributed by atoms with Crippen molar-refractivity contribution in [3.63, 3.8) is 0 Å². The summed E-state index contributed by atoms with van der Waals surface area (Å²) in [6, 6.07) is 78.7. The van der Waals surface area contributed by atoms with Crippen molar-refractivity contribution in [3.05, 3.63) is 218 Å². The normalized spacial score (nSPS) is 11.7. The van der Waals surface area contributed by atoms with Crippen LogP contribution in [0.15, 0.2) is 223 Å². The van der Waals surface area contributed by atoms with E-state index in [9.17, 15) is 0 Å². The van der Waals surface area contributed by atoms with Gasteiger partial charge in [-0.15, -0.1) is 0 Å². The summed E-state index contributed by atoms with van der Waals surface area (Å²) < 4.78 is 9.36. The monoisotopic (exact) mass is 752 g/mol. The number of anilines is 3. The van der Waals surface area contributed by atoms with E-state index in [4.69, 9.17) is 4.42 Å². The van der Waals surface area contributed by atoms with Crippen molar-refractivity contribution in [1.29, 1.82) is 0 Å². The lowest BCUT2D eigenvalue weighted by Gasteiger charge is -2.28. The van der Waals surface area contributed by atoms with Crippen LogP contribution in [-0.4, -0.2) is 4.57 Å². The Morgan fingerprint density at radius 3 is 1.75 bits per heavy atom. The number of aromatic nitrogens is 1. The maximum atomic E-state index is 6.98. The molecule has 0 fully saturated rings. The molecule has 0 unspecified atom stereocenters. The van der Waals surface area contributed by atoms with E-state index >= 15 is 0 Å². The van der Waals surface area contributed by atoms with Gasteiger partial charge in [0.05, 0.1) is 22.4 Å². The van der Waals surface area contributed by atoms with E-state index in [0.717, 1.165) is 77.7 Å². The summed E-state index contributed by atoms with van der Waals surface area (Å²) >= 11 is 0. The Bertz CT molecular complexity index is 3520. The van der Waals surface area contributed by atoms with Crippen LogP contribution in [0.4, 0.5) is 17.1 Å². The number of hydrogen-bond donors (Lipinski definition) is 0. The molecule has 0 atom stereocenters. The molecule has 0 aliphatic carbocycles. The van der Waals surface area contributed by atoms with Gasteiger partial charge in [0, 0.05) is 43.9 Å². The molecule has 2 heterocycles. The smallest absolute Gasteiger partial charge is 0.159 e. The molecule has 0 spiro atoms. The van der Waals surface area contributed by atoms with Gasteiger partial charge in [0.25, 0.3) is 0 Å². The second-order valence-electron chi connectivity index (χ2n) is 15.3. The fourth-order valence-corrected chi connectivity index (χ4v) is 9.19. The zero-order valence-corrected chi connectivity index (χ0v) is 32.1. The molecule has 2 aromatic heterocycles. The van der Waals surface area contributed by atoms with Gasteiger partial charge in [-0.25, -0.2) is 0 Å². The highest BCUT2D eigenvalue weighted by molar-refractivity contribution is 6.18. The van der Waals surface area contributed by atoms with Gasteiger partial charge in [-0.3, -0.25) is 0 Å². The quantitative estimate of drug-likeness (QED) is 0.169. The molecule has 12 aromatic rings. The Morgan fingerprint density at radius 2 is 0.932 bits per heavy atom. The Balaban J connectivity index is 1.03. The van der Waals surface area contributed by atoms with Crippen LogP contribution in [0.3, 0.4) is 0 Å². The molecule has 0 aliphatic heterocycles. The lowest BCUT2D eigenvalue weighted by Crippen LogP contribution is -2.11. The van der Waals surface area contributed by atoms with E-state index < -0.39 is 0 Å². The Morgan fingerprint density at radius 1 is 0.339 bits per heavy atom. The maximum absolute atomic E-state index is 6.98. The summed E-state index contributed by atoms with van der Waals surface area (Å²) in [7, 11) is 0. The standard InChI is InChI=1S/C56H36N2O/c1-2-15-40-35-42(28-27-37(40)13-1)45-18-5-8-23-51(45)57(54-26-12-22-49-50-34-31-39-14-3-4-19-46(39)55(50)59-56(49)54)43-32-29-38(30-33-43)41-16-11-17-44(36-41)58-52-24-9-6-20-47(52)48-21-7-10-25-53(48)58/h1-36H. The molecule has 0 saturated carbocycles. The molecule has 12 rings (SSSR count). The van der Waals surface area contributed by atoms with Crippen LogP contribution >= 0.6 is 0 Å². The summed E-state index contributed by atoms with van der Waals surface area (Å²) in [5.74, 6) is 0. The van der Waals surface area contributed by atoms with E-state index in [1.54, 1.807) is 0 Å². The van der Waals surface area contributed by atoms with Gasteiger partial charge < -0.3 is 13.9 Å². The van der Waals surface area contributed by atoms with Gasteiger partial charge in [-0.2, -0.15) is 0 Å². The molecule has 0 radical (unpaired) electrons. The highest BCUT2D eigenvalue weighted by Gasteiger charge is 2.23. The third-order valence-electron chi connectivity index (χ3n) is 12.0. The second-order valence-corrected chi connectivity index (χ2v) is 15.3. The summed E-state index contributed by atoms with van der Waals surface area (Å²) in [6.07, 6.45) is 0. The minimum atomic E-state index is 0.857. The van der Waals surface area contributed by atoms with Crippen LogP contribution in [-0.2, 0) is 0 Å². The van der Waals surface area contributed by atoms with Gasteiger partial charge >= 0.3 is 0 Å². The number of para-hydroxylation sites is 4. The Kier molecular flexibility index (Phi) is 7.54. The van der Waals surface area contributed by atoms with Crippen LogP contribution in [0.2, 0.25) is 0 Å². The summed E-state index contributed by atoms with van der Waals surface area (Å²) in [5, 5.41) is 9.44. The van der Waals surface area contributed by atoms with Crippen molar-refractivity contribution in [2.24, 2.45) is 0 Å². The van der Waals surface area contributed by atoms with Crippen molar-refractivity contribution in [1.82, 2.24) is 4.57 Å². The molecule has 10 aromatic carbocycles. The predicted octanol–water partition coefficient (Wildman–Crippen LogP) is 15.8. The van der Waals surface area contributed by atoms with Crippen molar-refractivity contribution >= 4 is 82.4 Å². The molecule has 276 valence electrons. The van der Waals surface area contributed by atoms with Gasteiger partial charge in [0.2, 0.25) is 0 Å². The van der Waals surface area contributed by atoms with Crippen LogP contribution in [0, 0.1) is 0 Å². The zero-order chi connectivity index (χ0) is 38.9. The molecular formula is C56H36N2O. The molecule has 0 saturated heterocycles. The SMILES string of the molecule is c1cc(-c2ccc(N(c3ccccc3-c3ccc4ccccc4c3)c3cccc4c3oc3c5ccccc5ccc43)cc2)cc(-n2c3ccccc3c3ccccc32)c1. The predicted molar refractivity (Wildman–Crippen MR) is 249 cm³/mol. The third kappa shape index (κ3) is 5.36. The first-order chi connectivity index (χ1) is 29.3. The molecule has 3 nitrogen and oxygen atoms in total. The van der Waals surface area contributed by atoms with Gasteiger partial charge in [-0.05, 0) is 93.5 Å². The molecule has 0 N–H and O–H groups in total. The summed E-state index contributed by atoms with van der Waals surface area (Å²) in [6.45, 7) is 0. The van der Waals surface area contributed by atoms with E-state index in [1.807, 2.05) is 0 Å². The van der Waals surface area contributed by atoms with E-state index in [2.05, 4.69) is 228 Å². The molecule has 0 bridgehead atoms. The van der Waals surface area contributed by atoms with Crippen molar-refractivity contribution in [2.75, 3.05) is 4.90 Å². The fraction of sp³-hybridized carbons (Fsp3) is 0. The second kappa shape index (κ2) is 13.4. The largest absolute Gasteiger partial charge is 0.453 e. The van der Waals surface area contributed by atoms with Crippen molar-refractivity contribution in [2.45, 2.75) is 0 Å². The van der Waals surface area contributed by atoms with Gasteiger partial charge in [0.15, 0.2) is 5.58 Å². The molecular weight excluding hydrogens is 717 g/mol. The Hall–Kier alpha value is -7.88. The Labute approximate surface area is 341 Å². The van der Waals surface area contributed by atoms with Crippen LogP contribution in [0.25, 0.3) is 93.2 Å². The lowest BCUT2D eigenvalue weighted by molar-refractivity contribution is 0.673.